The minimum atomic E-state index is -0.329. The van der Waals surface area contributed by atoms with Crippen LogP contribution in [0.4, 0.5) is 16.0 Å². The van der Waals surface area contributed by atoms with Crippen molar-refractivity contribution in [3.05, 3.63) is 42.0 Å². The molecule has 4 heterocycles. The van der Waals surface area contributed by atoms with E-state index in [9.17, 15) is 4.39 Å². The first-order valence-corrected chi connectivity index (χ1v) is 7.92. The van der Waals surface area contributed by atoms with Crippen LogP contribution in [0.15, 0.2) is 24.7 Å². The second kappa shape index (κ2) is 5.70. The van der Waals surface area contributed by atoms with Crippen molar-refractivity contribution >= 4 is 17.2 Å². The average molecular weight is 327 g/mol. The number of fused-ring (bicyclic) bond motifs is 1. The van der Waals surface area contributed by atoms with Crippen LogP contribution in [0.3, 0.4) is 0 Å². The lowest BCUT2D eigenvalue weighted by Gasteiger charge is -2.36. The standard InChI is InChI=1S/C16H18FN7/c1-11-14(17)16(21-12(2)20-11)23-9-7-22(8-10-23)15-13-3-4-19-24(13)6-5-18-15/h3-6H,7-10H2,1-2H3. The molecule has 0 saturated carbocycles. The van der Waals surface area contributed by atoms with Crippen LogP contribution in [0.2, 0.25) is 0 Å². The van der Waals surface area contributed by atoms with Gasteiger partial charge in [0.15, 0.2) is 17.5 Å². The summed E-state index contributed by atoms with van der Waals surface area (Å²) in [5.41, 5.74) is 1.37. The summed E-state index contributed by atoms with van der Waals surface area (Å²) >= 11 is 0. The number of aromatic nitrogens is 5. The first-order chi connectivity index (χ1) is 11.6. The van der Waals surface area contributed by atoms with Crippen molar-refractivity contribution < 1.29 is 4.39 Å². The quantitative estimate of drug-likeness (QED) is 0.712. The molecule has 0 atom stereocenters. The first kappa shape index (κ1) is 14.8. The predicted octanol–water partition coefficient (Wildman–Crippen LogP) is 1.60. The second-order valence-corrected chi connectivity index (χ2v) is 5.88. The van der Waals surface area contributed by atoms with Gasteiger partial charge in [-0.15, -0.1) is 0 Å². The third-order valence-electron chi connectivity index (χ3n) is 4.29. The van der Waals surface area contributed by atoms with E-state index in [0.29, 0.717) is 30.4 Å². The Bertz CT molecular complexity index is 883. The highest BCUT2D eigenvalue weighted by Crippen LogP contribution is 2.23. The second-order valence-electron chi connectivity index (χ2n) is 5.88. The summed E-state index contributed by atoms with van der Waals surface area (Å²) in [6.45, 7) is 6.33. The minimum absolute atomic E-state index is 0.329. The highest BCUT2D eigenvalue weighted by molar-refractivity contribution is 5.68. The Kier molecular flexibility index (Phi) is 3.51. The Labute approximate surface area is 138 Å². The molecule has 0 aromatic carbocycles. The highest BCUT2D eigenvalue weighted by atomic mass is 19.1. The van der Waals surface area contributed by atoms with E-state index in [0.717, 1.165) is 24.4 Å². The topological polar surface area (TPSA) is 62.5 Å². The van der Waals surface area contributed by atoms with Crippen LogP contribution >= 0.6 is 0 Å². The Morgan fingerprint density at radius 2 is 1.67 bits per heavy atom. The predicted molar refractivity (Wildman–Crippen MR) is 88.9 cm³/mol. The van der Waals surface area contributed by atoms with Gasteiger partial charge in [-0.3, -0.25) is 0 Å². The van der Waals surface area contributed by atoms with E-state index in [2.05, 4.69) is 25.0 Å². The molecule has 8 heteroatoms. The van der Waals surface area contributed by atoms with Gasteiger partial charge in [0.2, 0.25) is 0 Å². The van der Waals surface area contributed by atoms with E-state index in [1.807, 2.05) is 21.7 Å². The summed E-state index contributed by atoms with van der Waals surface area (Å²) in [4.78, 5) is 17.0. The van der Waals surface area contributed by atoms with Crippen molar-refractivity contribution in [1.82, 2.24) is 24.6 Å². The van der Waals surface area contributed by atoms with Crippen LogP contribution in [0.1, 0.15) is 11.5 Å². The molecule has 1 aliphatic heterocycles. The summed E-state index contributed by atoms with van der Waals surface area (Å²) in [6, 6.07) is 1.95. The van der Waals surface area contributed by atoms with Gasteiger partial charge in [0.05, 0.1) is 11.9 Å². The van der Waals surface area contributed by atoms with Gasteiger partial charge in [0.1, 0.15) is 11.3 Å². The fourth-order valence-corrected chi connectivity index (χ4v) is 3.11. The lowest BCUT2D eigenvalue weighted by atomic mass is 10.2. The summed E-state index contributed by atoms with van der Waals surface area (Å²) in [6.07, 6.45) is 5.34. The van der Waals surface area contributed by atoms with Crippen LogP contribution in [0.5, 0.6) is 0 Å². The molecule has 0 N–H and O–H groups in total. The fourth-order valence-electron chi connectivity index (χ4n) is 3.11. The van der Waals surface area contributed by atoms with Crippen molar-refractivity contribution in [2.24, 2.45) is 0 Å². The molecule has 0 aliphatic carbocycles. The number of halogens is 1. The SMILES string of the molecule is Cc1nc(C)c(F)c(N2CCN(c3nccn4nccc34)CC2)n1. The number of hydrogen-bond acceptors (Lipinski definition) is 6. The van der Waals surface area contributed by atoms with E-state index in [4.69, 9.17) is 0 Å². The molecule has 0 unspecified atom stereocenters. The number of anilines is 2. The minimum Gasteiger partial charge on any atom is -0.351 e. The lowest BCUT2D eigenvalue weighted by molar-refractivity contribution is 0.571. The monoisotopic (exact) mass is 327 g/mol. The van der Waals surface area contributed by atoms with Crippen molar-refractivity contribution in [3.63, 3.8) is 0 Å². The number of piperazine rings is 1. The van der Waals surface area contributed by atoms with Gasteiger partial charge >= 0.3 is 0 Å². The molecule has 1 saturated heterocycles. The third kappa shape index (κ3) is 2.44. The van der Waals surface area contributed by atoms with Crippen molar-refractivity contribution in [2.45, 2.75) is 13.8 Å². The molecule has 0 amide bonds. The zero-order chi connectivity index (χ0) is 16.7. The highest BCUT2D eigenvalue weighted by Gasteiger charge is 2.24. The van der Waals surface area contributed by atoms with E-state index >= 15 is 0 Å². The Balaban J connectivity index is 1.56. The van der Waals surface area contributed by atoms with E-state index in [1.54, 1.807) is 26.2 Å². The molecule has 124 valence electrons. The van der Waals surface area contributed by atoms with Crippen molar-refractivity contribution in [3.8, 4) is 0 Å². The van der Waals surface area contributed by atoms with E-state index in [1.165, 1.54) is 0 Å². The van der Waals surface area contributed by atoms with Crippen LogP contribution in [0.25, 0.3) is 5.52 Å². The molecule has 4 rings (SSSR count). The van der Waals surface area contributed by atoms with Crippen LogP contribution in [0, 0.1) is 19.7 Å². The van der Waals surface area contributed by atoms with Crippen molar-refractivity contribution in [1.29, 1.82) is 0 Å². The van der Waals surface area contributed by atoms with Gasteiger partial charge < -0.3 is 9.80 Å². The first-order valence-electron chi connectivity index (χ1n) is 7.92. The van der Waals surface area contributed by atoms with Gasteiger partial charge in [-0.05, 0) is 19.9 Å². The maximum absolute atomic E-state index is 14.3. The van der Waals surface area contributed by atoms with Gasteiger partial charge in [-0.1, -0.05) is 0 Å². The molecule has 3 aromatic heterocycles. The maximum Gasteiger partial charge on any atom is 0.186 e. The Morgan fingerprint density at radius 1 is 0.958 bits per heavy atom. The van der Waals surface area contributed by atoms with E-state index in [-0.39, 0.29) is 5.82 Å². The number of aryl methyl sites for hydroxylation is 2. The molecular formula is C16H18FN7. The normalized spacial score (nSPS) is 15.3. The summed E-state index contributed by atoms with van der Waals surface area (Å²) < 4.78 is 16.2. The van der Waals surface area contributed by atoms with E-state index < -0.39 is 0 Å². The van der Waals surface area contributed by atoms with Crippen LogP contribution in [-0.4, -0.2) is 50.7 Å². The number of rotatable bonds is 2. The Hall–Kier alpha value is -2.77. The Morgan fingerprint density at radius 3 is 2.42 bits per heavy atom. The molecule has 0 spiro atoms. The molecule has 3 aromatic rings. The molecule has 0 bridgehead atoms. The van der Waals surface area contributed by atoms with Crippen LogP contribution in [-0.2, 0) is 0 Å². The largest absolute Gasteiger partial charge is 0.351 e. The van der Waals surface area contributed by atoms with Crippen LogP contribution < -0.4 is 9.80 Å². The fraction of sp³-hybridized carbons (Fsp3) is 0.375. The summed E-state index contributed by atoms with van der Waals surface area (Å²) in [7, 11) is 0. The summed E-state index contributed by atoms with van der Waals surface area (Å²) in [5, 5.41) is 4.24. The van der Waals surface area contributed by atoms with Crippen molar-refractivity contribution in [2.75, 3.05) is 36.0 Å². The number of nitrogens with zero attached hydrogens (tertiary/aromatic N) is 7. The molecular weight excluding hydrogens is 309 g/mol. The van der Waals surface area contributed by atoms with Gasteiger partial charge in [-0.25, -0.2) is 23.9 Å². The zero-order valence-corrected chi connectivity index (χ0v) is 13.6. The molecule has 1 fully saturated rings. The third-order valence-corrected chi connectivity index (χ3v) is 4.29. The molecule has 1 aliphatic rings. The maximum atomic E-state index is 14.3. The van der Waals surface area contributed by atoms with Gasteiger partial charge in [0.25, 0.3) is 0 Å². The summed E-state index contributed by atoms with van der Waals surface area (Å²) in [5.74, 6) is 1.57. The molecule has 24 heavy (non-hydrogen) atoms. The van der Waals surface area contributed by atoms with Gasteiger partial charge in [-0.2, -0.15) is 5.10 Å². The smallest absolute Gasteiger partial charge is 0.186 e. The number of hydrogen-bond donors (Lipinski definition) is 0. The zero-order valence-electron chi connectivity index (χ0n) is 13.6. The lowest BCUT2D eigenvalue weighted by Crippen LogP contribution is -2.47. The molecule has 7 nitrogen and oxygen atoms in total. The average Bonchev–Trinajstić information content (AvgIpc) is 3.07. The molecule has 0 radical (unpaired) electrons. The van der Waals surface area contributed by atoms with Gasteiger partial charge in [0, 0.05) is 38.6 Å².